The summed E-state index contributed by atoms with van der Waals surface area (Å²) in [6.07, 6.45) is 4.87. The van der Waals surface area contributed by atoms with E-state index in [2.05, 4.69) is 18.7 Å². The summed E-state index contributed by atoms with van der Waals surface area (Å²) in [5.74, 6) is -0.620. The molecule has 2 atom stereocenters. The molecule has 0 saturated carbocycles. The Labute approximate surface area is 125 Å². The van der Waals surface area contributed by atoms with Crippen molar-refractivity contribution in [1.29, 1.82) is 0 Å². The Morgan fingerprint density at radius 2 is 2.24 bits per heavy atom. The Hall–Kier alpha value is -1.68. The van der Waals surface area contributed by atoms with Gasteiger partial charge < -0.3 is 5.11 Å². The fourth-order valence-electron chi connectivity index (χ4n) is 2.94. The molecular weight excluding hydrogens is 269 g/mol. The van der Waals surface area contributed by atoms with E-state index in [1.54, 1.807) is 6.07 Å². The van der Waals surface area contributed by atoms with Gasteiger partial charge in [0.1, 0.15) is 5.82 Å². The first-order valence-electron chi connectivity index (χ1n) is 7.39. The average Bonchev–Trinajstić information content (AvgIpc) is 2.41. The monoisotopic (exact) mass is 291 g/mol. The predicted octanol–water partition coefficient (Wildman–Crippen LogP) is 3.54. The van der Waals surface area contributed by atoms with Crippen LogP contribution in [0.4, 0.5) is 4.39 Å². The van der Waals surface area contributed by atoms with Crippen LogP contribution in [0.1, 0.15) is 37.8 Å². The second-order valence-corrected chi connectivity index (χ2v) is 5.96. The quantitative estimate of drug-likeness (QED) is 0.863. The zero-order chi connectivity index (χ0) is 15.4. The lowest BCUT2D eigenvalue weighted by molar-refractivity contribution is -0.131. The van der Waals surface area contributed by atoms with Crippen LogP contribution in [0.25, 0.3) is 6.08 Å². The number of carbonyl (C=O) groups is 1. The maximum atomic E-state index is 13.4. The van der Waals surface area contributed by atoms with E-state index in [0.717, 1.165) is 30.6 Å². The van der Waals surface area contributed by atoms with Gasteiger partial charge in [0.25, 0.3) is 0 Å². The molecule has 1 N–H and O–H groups in total. The number of halogens is 1. The van der Waals surface area contributed by atoms with Gasteiger partial charge in [-0.3, -0.25) is 4.90 Å². The van der Waals surface area contributed by atoms with Crippen molar-refractivity contribution in [3.63, 3.8) is 0 Å². The van der Waals surface area contributed by atoms with Gasteiger partial charge in [-0.1, -0.05) is 13.0 Å². The highest BCUT2D eigenvalue weighted by molar-refractivity contribution is 5.85. The Kier molecular flexibility index (Phi) is 5.12. The van der Waals surface area contributed by atoms with Gasteiger partial charge in [-0.2, -0.15) is 0 Å². The minimum Gasteiger partial charge on any atom is -0.478 e. The van der Waals surface area contributed by atoms with Gasteiger partial charge in [0, 0.05) is 18.7 Å². The Bertz CT molecular complexity index is 542. The molecule has 0 aromatic heterocycles. The maximum absolute atomic E-state index is 13.4. The van der Waals surface area contributed by atoms with Crippen LogP contribution in [0.5, 0.6) is 0 Å². The van der Waals surface area contributed by atoms with Gasteiger partial charge in [-0.25, -0.2) is 9.18 Å². The lowest BCUT2D eigenvalue weighted by Crippen LogP contribution is -2.39. The van der Waals surface area contributed by atoms with Crippen LogP contribution in [0, 0.1) is 11.7 Å². The van der Waals surface area contributed by atoms with Crippen LogP contribution in [-0.2, 0) is 11.3 Å². The molecular formula is C17H22FNO2. The number of carboxylic acids is 1. The molecule has 2 rings (SSSR count). The lowest BCUT2D eigenvalue weighted by atomic mass is 9.92. The first-order chi connectivity index (χ1) is 9.95. The molecule has 3 nitrogen and oxygen atoms in total. The summed E-state index contributed by atoms with van der Waals surface area (Å²) in [6, 6.07) is 5.08. The van der Waals surface area contributed by atoms with Crippen LogP contribution in [0.2, 0.25) is 0 Å². The smallest absolute Gasteiger partial charge is 0.328 e. The SMILES string of the molecule is CC1CCN(Cc2ccc(F)cc2C=CC(=O)O)C(C)C1. The fraction of sp³-hybridized carbons (Fsp3) is 0.471. The number of benzene rings is 1. The van der Waals surface area contributed by atoms with E-state index in [9.17, 15) is 9.18 Å². The summed E-state index contributed by atoms with van der Waals surface area (Å²) in [4.78, 5) is 13.0. The molecule has 1 aliphatic rings. The number of likely N-dealkylation sites (tertiary alicyclic amines) is 1. The zero-order valence-corrected chi connectivity index (χ0v) is 12.6. The molecule has 21 heavy (non-hydrogen) atoms. The van der Waals surface area contributed by atoms with Gasteiger partial charge in [-0.15, -0.1) is 0 Å². The van der Waals surface area contributed by atoms with E-state index in [1.165, 1.54) is 31.1 Å². The molecule has 1 heterocycles. The van der Waals surface area contributed by atoms with Crippen molar-refractivity contribution < 1.29 is 14.3 Å². The Balaban J connectivity index is 2.17. The van der Waals surface area contributed by atoms with Gasteiger partial charge in [0.2, 0.25) is 0 Å². The van der Waals surface area contributed by atoms with Gasteiger partial charge in [0.05, 0.1) is 0 Å². The molecule has 1 fully saturated rings. The van der Waals surface area contributed by atoms with Crippen LogP contribution >= 0.6 is 0 Å². The number of carboxylic acid groups (broad SMARTS) is 1. The molecule has 0 spiro atoms. The van der Waals surface area contributed by atoms with Crippen LogP contribution in [-0.4, -0.2) is 28.6 Å². The number of hydrogen-bond donors (Lipinski definition) is 1. The number of piperidine rings is 1. The molecule has 4 heteroatoms. The molecule has 1 saturated heterocycles. The van der Waals surface area contributed by atoms with E-state index >= 15 is 0 Å². The van der Waals surface area contributed by atoms with Crippen molar-refractivity contribution in [2.75, 3.05) is 6.54 Å². The third-order valence-corrected chi connectivity index (χ3v) is 4.16. The predicted molar refractivity (Wildman–Crippen MR) is 81.3 cm³/mol. The molecule has 2 unspecified atom stereocenters. The highest BCUT2D eigenvalue weighted by Crippen LogP contribution is 2.25. The van der Waals surface area contributed by atoms with Crippen molar-refractivity contribution in [1.82, 2.24) is 4.90 Å². The second-order valence-electron chi connectivity index (χ2n) is 5.96. The second kappa shape index (κ2) is 6.85. The summed E-state index contributed by atoms with van der Waals surface area (Å²) >= 11 is 0. The topological polar surface area (TPSA) is 40.5 Å². The summed E-state index contributed by atoms with van der Waals surface area (Å²) in [5, 5.41) is 8.74. The number of aliphatic carboxylic acids is 1. The van der Waals surface area contributed by atoms with Gasteiger partial charge >= 0.3 is 5.97 Å². The molecule has 1 aromatic carbocycles. The third-order valence-electron chi connectivity index (χ3n) is 4.16. The fourth-order valence-corrected chi connectivity index (χ4v) is 2.94. The first-order valence-corrected chi connectivity index (χ1v) is 7.39. The van der Waals surface area contributed by atoms with Crippen molar-refractivity contribution in [3.05, 3.63) is 41.2 Å². The van der Waals surface area contributed by atoms with E-state index in [0.29, 0.717) is 11.6 Å². The Morgan fingerprint density at radius 3 is 2.90 bits per heavy atom. The van der Waals surface area contributed by atoms with Crippen molar-refractivity contribution in [2.24, 2.45) is 5.92 Å². The molecule has 0 amide bonds. The molecule has 0 aliphatic carbocycles. The summed E-state index contributed by atoms with van der Waals surface area (Å²) < 4.78 is 13.4. The first kappa shape index (κ1) is 15.7. The molecule has 1 aromatic rings. The van der Waals surface area contributed by atoms with Crippen molar-refractivity contribution in [2.45, 2.75) is 39.3 Å². The largest absolute Gasteiger partial charge is 0.478 e. The normalized spacial score (nSPS) is 23.6. The van der Waals surface area contributed by atoms with E-state index in [1.807, 2.05) is 0 Å². The number of rotatable bonds is 4. The highest BCUT2D eigenvalue weighted by atomic mass is 19.1. The lowest BCUT2D eigenvalue weighted by Gasteiger charge is -2.36. The molecule has 0 bridgehead atoms. The van der Waals surface area contributed by atoms with Crippen LogP contribution in [0.3, 0.4) is 0 Å². The van der Waals surface area contributed by atoms with Crippen molar-refractivity contribution in [3.8, 4) is 0 Å². The standard InChI is InChI=1S/C17H22FNO2/c1-12-7-8-19(13(2)9-12)11-15-3-5-16(18)10-14(15)4-6-17(20)21/h3-6,10,12-13H,7-9,11H2,1-2H3,(H,20,21). The Morgan fingerprint density at radius 1 is 1.48 bits per heavy atom. The van der Waals surface area contributed by atoms with Gasteiger partial charge in [-0.05, 0) is 61.6 Å². The summed E-state index contributed by atoms with van der Waals surface area (Å²) in [7, 11) is 0. The van der Waals surface area contributed by atoms with E-state index in [4.69, 9.17) is 5.11 Å². The summed E-state index contributed by atoms with van der Waals surface area (Å²) in [5.41, 5.74) is 1.61. The molecule has 0 radical (unpaired) electrons. The van der Waals surface area contributed by atoms with E-state index in [-0.39, 0.29) is 5.82 Å². The minimum absolute atomic E-state index is 0.343. The average molecular weight is 291 g/mol. The van der Waals surface area contributed by atoms with E-state index < -0.39 is 5.97 Å². The molecule has 1 aliphatic heterocycles. The highest BCUT2D eigenvalue weighted by Gasteiger charge is 2.23. The van der Waals surface area contributed by atoms with Gasteiger partial charge in [0.15, 0.2) is 0 Å². The molecule has 114 valence electrons. The number of hydrogen-bond acceptors (Lipinski definition) is 2. The zero-order valence-electron chi connectivity index (χ0n) is 12.6. The van der Waals surface area contributed by atoms with Crippen LogP contribution < -0.4 is 0 Å². The minimum atomic E-state index is -1.02. The van der Waals surface area contributed by atoms with Crippen molar-refractivity contribution >= 4 is 12.0 Å². The number of nitrogens with zero attached hydrogens (tertiary/aromatic N) is 1. The van der Waals surface area contributed by atoms with Crippen LogP contribution in [0.15, 0.2) is 24.3 Å². The maximum Gasteiger partial charge on any atom is 0.328 e. The third kappa shape index (κ3) is 4.39. The summed E-state index contributed by atoms with van der Waals surface area (Å²) in [6.45, 7) is 6.24.